The molecule has 21 heavy (non-hydrogen) atoms. The van der Waals surface area contributed by atoms with Crippen molar-refractivity contribution in [3.8, 4) is 0 Å². The van der Waals surface area contributed by atoms with Crippen molar-refractivity contribution >= 4 is 26.0 Å². The molecule has 2 N–H and O–H groups in total. The lowest BCUT2D eigenvalue weighted by atomic mass is 10.1. The Morgan fingerprint density at radius 3 is 2.48 bits per heavy atom. The van der Waals surface area contributed by atoms with E-state index in [0.29, 0.717) is 10.0 Å². The maximum atomic E-state index is 13.7. The van der Waals surface area contributed by atoms with Gasteiger partial charge in [-0.25, -0.2) is 17.5 Å². The average molecular weight is 374 g/mol. The van der Waals surface area contributed by atoms with E-state index in [1.807, 2.05) is 0 Å². The minimum absolute atomic E-state index is 0.234. The average Bonchev–Trinajstić information content (AvgIpc) is 2.45. The number of nitrogens with one attached hydrogen (secondary N) is 1. The lowest BCUT2D eigenvalue weighted by Crippen LogP contribution is -2.29. The molecular formula is C14H13BrFNO3S. The van der Waals surface area contributed by atoms with Gasteiger partial charge >= 0.3 is 0 Å². The topological polar surface area (TPSA) is 66.4 Å². The molecule has 0 spiro atoms. The number of rotatable bonds is 5. The molecule has 0 saturated carbocycles. The van der Waals surface area contributed by atoms with Crippen LogP contribution in [0.5, 0.6) is 0 Å². The van der Waals surface area contributed by atoms with Crippen LogP contribution < -0.4 is 4.72 Å². The van der Waals surface area contributed by atoms with Crippen LogP contribution in [0.1, 0.15) is 11.7 Å². The predicted molar refractivity (Wildman–Crippen MR) is 80.7 cm³/mol. The van der Waals surface area contributed by atoms with Gasteiger partial charge in [-0.1, -0.05) is 46.3 Å². The molecule has 0 amide bonds. The summed E-state index contributed by atoms with van der Waals surface area (Å²) in [6, 6.07) is 12.3. The standard InChI is InChI=1S/C14H13BrFNO3S/c15-11-6-7-14(12(16)8-11)21(19,20)17-9-13(18)10-4-2-1-3-5-10/h1-8,13,17-18H,9H2. The number of benzene rings is 2. The summed E-state index contributed by atoms with van der Waals surface area (Å²) in [5, 5.41) is 9.92. The van der Waals surface area contributed by atoms with Gasteiger partial charge in [0.25, 0.3) is 0 Å². The van der Waals surface area contributed by atoms with E-state index in [1.54, 1.807) is 30.3 Å². The van der Waals surface area contributed by atoms with E-state index in [-0.39, 0.29) is 6.54 Å². The summed E-state index contributed by atoms with van der Waals surface area (Å²) in [5.74, 6) is -0.855. The first-order valence-corrected chi connectivity index (χ1v) is 8.35. The minimum atomic E-state index is -4.02. The summed E-state index contributed by atoms with van der Waals surface area (Å²) in [5.41, 5.74) is 0.580. The molecule has 0 aliphatic rings. The van der Waals surface area contributed by atoms with Crippen LogP contribution in [0.3, 0.4) is 0 Å². The minimum Gasteiger partial charge on any atom is -0.387 e. The van der Waals surface area contributed by atoms with Gasteiger partial charge in [-0.2, -0.15) is 0 Å². The molecule has 0 fully saturated rings. The summed E-state index contributed by atoms with van der Waals surface area (Å²) in [4.78, 5) is -0.453. The number of aliphatic hydroxyl groups excluding tert-OH is 1. The molecule has 7 heteroatoms. The normalized spacial score (nSPS) is 13.1. The fourth-order valence-electron chi connectivity index (χ4n) is 1.75. The Balaban J connectivity index is 2.11. The first-order valence-electron chi connectivity index (χ1n) is 6.08. The number of hydrogen-bond acceptors (Lipinski definition) is 3. The van der Waals surface area contributed by atoms with Gasteiger partial charge in [0, 0.05) is 11.0 Å². The molecule has 0 bridgehead atoms. The highest BCUT2D eigenvalue weighted by molar-refractivity contribution is 9.10. The first kappa shape index (κ1) is 16.1. The monoisotopic (exact) mass is 373 g/mol. The number of hydrogen-bond donors (Lipinski definition) is 2. The molecule has 1 unspecified atom stereocenters. The van der Waals surface area contributed by atoms with E-state index >= 15 is 0 Å². The maximum absolute atomic E-state index is 13.7. The second kappa shape index (κ2) is 6.65. The lowest BCUT2D eigenvalue weighted by molar-refractivity contribution is 0.182. The van der Waals surface area contributed by atoms with Crippen LogP contribution in [0.2, 0.25) is 0 Å². The number of halogens is 2. The number of aliphatic hydroxyl groups is 1. The van der Waals surface area contributed by atoms with Crippen molar-refractivity contribution in [2.75, 3.05) is 6.54 Å². The molecule has 4 nitrogen and oxygen atoms in total. The van der Waals surface area contributed by atoms with E-state index in [4.69, 9.17) is 0 Å². The molecule has 0 heterocycles. The summed E-state index contributed by atoms with van der Waals surface area (Å²) < 4.78 is 40.4. The fraction of sp³-hybridized carbons (Fsp3) is 0.143. The molecule has 2 aromatic carbocycles. The zero-order valence-corrected chi connectivity index (χ0v) is 13.2. The van der Waals surface area contributed by atoms with Crippen molar-refractivity contribution in [1.82, 2.24) is 4.72 Å². The molecule has 1 atom stereocenters. The first-order chi connectivity index (χ1) is 9.90. The smallest absolute Gasteiger partial charge is 0.243 e. The molecule has 0 saturated heterocycles. The molecule has 2 aromatic rings. The second-order valence-electron chi connectivity index (χ2n) is 4.35. The fourth-order valence-corrected chi connectivity index (χ4v) is 3.18. The molecule has 0 aliphatic heterocycles. The highest BCUT2D eigenvalue weighted by atomic mass is 79.9. The Bertz CT molecular complexity index is 722. The van der Waals surface area contributed by atoms with E-state index in [2.05, 4.69) is 20.7 Å². The van der Waals surface area contributed by atoms with Gasteiger partial charge in [0.05, 0.1) is 6.10 Å². The van der Waals surface area contributed by atoms with E-state index < -0.39 is 26.8 Å². The van der Waals surface area contributed by atoms with Gasteiger partial charge in [0.1, 0.15) is 10.7 Å². The largest absolute Gasteiger partial charge is 0.387 e. The van der Waals surface area contributed by atoms with E-state index in [9.17, 15) is 17.9 Å². The highest BCUT2D eigenvalue weighted by Gasteiger charge is 2.20. The Kier molecular flexibility index (Phi) is 5.10. The van der Waals surface area contributed by atoms with Crippen LogP contribution in [0, 0.1) is 5.82 Å². The van der Waals surface area contributed by atoms with Crippen molar-refractivity contribution in [2.45, 2.75) is 11.0 Å². The van der Waals surface area contributed by atoms with Crippen molar-refractivity contribution in [1.29, 1.82) is 0 Å². The molecule has 2 rings (SSSR count). The zero-order chi connectivity index (χ0) is 15.5. The Hall–Kier alpha value is -1.28. The van der Waals surface area contributed by atoms with E-state index in [1.165, 1.54) is 6.07 Å². The third-order valence-electron chi connectivity index (χ3n) is 2.83. The Morgan fingerprint density at radius 1 is 1.19 bits per heavy atom. The zero-order valence-electron chi connectivity index (χ0n) is 10.8. The van der Waals surface area contributed by atoms with Gasteiger partial charge in [0.15, 0.2) is 0 Å². The van der Waals surface area contributed by atoms with Crippen molar-refractivity contribution in [3.05, 3.63) is 64.4 Å². The van der Waals surface area contributed by atoms with Gasteiger partial charge in [-0.3, -0.25) is 0 Å². The van der Waals surface area contributed by atoms with Gasteiger partial charge < -0.3 is 5.11 Å². The van der Waals surface area contributed by atoms with Crippen LogP contribution in [-0.4, -0.2) is 20.1 Å². The van der Waals surface area contributed by atoms with Crippen LogP contribution >= 0.6 is 15.9 Å². The molecule has 0 aromatic heterocycles. The summed E-state index contributed by atoms with van der Waals surface area (Å²) in [6.45, 7) is -0.234. The van der Waals surface area contributed by atoms with Crippen molar-refractivity contribution in [2.24, 2.45) is 0 Å². The van der Waals surface area contributed by atoms with Gasteiger partial charge in [-0.05, 0) is 23.8 Å². The SMILES string of the molecule is O=S(=O)(NCC(O)c1ccccc1)c1ccc(Br)cc1F. The summed E-state index contributed by atoms with van der Waals surface area (Å²) in [7, 11) is -4.02. The molecule has 112 valence electrons. The van der Waals surface area contributed by atoms with Crippen LogP contribution in [0.25, 0.3) is 0 Å². The highest BCUT2D eigenvalue weighted by Crippen LogP contribution is 2.20. The molecular weight excluding hydrogens is 361 g/mol. The van der Waals surface area contributed by atoms with Crippen LogP contribution in [0.15, 0.2) is 57.9 Å². The van der Waals surface area contributed by atoms with E-state index in [0.717, 1.165) is 12.1 Å². The van der Waals surface area contributed by atoms with Crippen LogP contribution in [0.4, 0.5) is 4.39 Å². The molecule has 0 aliphatic carbocycles. The van der Waals surface area contributed by atoms with Crippen molar-refractivity contribution in [3.63, 3.8) is 0 Å². The number of sulfonamides is 1. The summed E-state index contributed by atoms with van der Waals surface area (Å²) >= 11 is 3.06. The summed E-state index contributed by atoms with van der Waals surface area (Å²) in [6.07, 6.45) is -1.00. The predicted octanol–water partition coefficient (Wildman–Crippen LogP) is 2.60. The maximum Gasteiger partial charge on any atom is 0.243 e. The molecule has 0 radical (unpaired) electrons. The van der Waals surface area contributed by atoms with Crippen molar-refractivity contribution < 1.29 is 17.9 Å². The Morgan fingerprint density at radius 2 is 1.86 bits per heavy atom. The lowest BCUT2D eigenvalue weighted by Gasteiger charge is -2.13. The second-order valence-corrected chi connectivity index (χ2v) is 7.00. The third-order valence-corrected chi connectivity index (χ3v) is 4.78. The Labute approximate surface area is 130 Å². The van der Waals surface area contributed by atoms with Gasteiger partial charge in [0.2, 0.25) is 10.0 Å². The third kappa shape index (κ3) is 4.10. The van der Waals surface area contributed by atoms with Crippen LogP contribution in [-0.2, 0) is 10.0 Å². The van der Waals surface area contributed by atoms with Gasteiger partial charge in [-0.15, -0.1) is 0 Å². The quantitative estimate of drug-likeness (QED) is 0.846.